The average Bonchev–Trinajstić information content (AvgIpc) is 3.50. The summed E-state index contributed by atoms with van der Waals surface area (Å²) in [5.41, 5.74) is 2.14. The maximum absolute atomic E-state index is 13.4. The number of aromatic nitrogens is 2. The van der Waals surface area contributed by atoms with E-state index in [-0.39, 0.29) is 18.5 Å². The van der Waals surface area contributed by atoms with Crippen LogP contribution >= 0.6 is 22.9 Å². The van der Waals surface area contributed by atoms with E-state index in [4.69, 9.17) is 16.3 Å². The molecule has 0 spiro atoms. The van der Waals surface area contributed by atoms with Gasteiger partial charge in [0.25, 0.3) is 6.48 Å². The van der Waals surface area contributed by atoms with E-state index in [1.807, 2.05) is 12.1 Å². The summed E-state index contributed by atoms with van der Waals surface area (Å²) in [6.07, 6.45) is 2.97. The Morgan fingerprint density at radius 1 is 1.25 bits per heavy atom. The van der Waals surface area contributed by atoms with Crippen LogP contribution in [-0.2, 0) is 6.61 Å². The number of aliphatic hydroxyl groups excluding tert-OH is 1. The molecule has 0 radical (unpaired) electrons. The fourth-order valence-corrected chi connectivity index (χ4v) is 5.13. The molecule has 5 rings (SSSR count). The third-order valence-electron chi connectivity index (χ3n) is 5.72. The predicted molar refractivity (Wildman–Crippen MR) is 137 cm³/mol. The first kappa shape index (κ1) is 24.4. The molecule has 0 amide bonds. The van der Waals surface area contributed by atoms with Crippen molar-refractivity contribution in [3.63, 3.8) is 0 Å². The fourth-order valence-electron chi connectivity index (χ4n) is 3.98. The second-order valence-corrected chi connectivity index (χ2v) is 9.67. The van der Waals surface area contributed by atoms with E-state index in [0.717, 1.165) is 21.5 Å². The van der Waals surface area contributed by atoms with Crippen LogP contribution in [0.15, 0.2) is 54.9 Å². The smallest absolute Gasteiger partial charge is 0.256 e. The number of nitrogens with one attached hydrogen (secondary N) is 1. The van der Waals surface area contributed by atoms with Gasteiger partial charge in [0.2, 0.25) is 0 Å². The summed E-state index contributed by atoms with van der Waals surface area (Å²) >= 11 is 7.84. The molecule has 36 heavy (non-hydrogen) atoms. The van der Waals surface area contributed by atoms with Gasteiger partial charge < -0.3 is 15.2 Å². The third-order valence-corrected chi connectivity index (χ3v) is 7.06. The summed E-state index contributed by atoms with van der Waals surface area (Å²) in [6.45, 7) is -1.32. The molecule has 0 saturated carbocycles. The molecule has 0 bridgehead atoms. The third kappa shape index (κ3) is 5.58. The first-order chi connectivity index (χ1) is 17.5. The van der Waals surface area contributed by atoms with Gasteiger partial charge in [-0.3, -0.25) is 0 Å². The summed E-state index contributed by atoms with van der Waals surface area (Å²) in [7, 11) is 0. The van der Waals surface area contributed by atoms with Gasteiger partial charge in [-0.15, -0.1) is 11.3 Å². The molecule has 1 fully saturated rings. The van der Waals surface area contributed by atoms with Gasteiger partial charge in [-0.05, 0) is 54.8 Å². The number of nitrogens with zero attached hydrogens (tertiary/aromatic N) is 3. The van der Waals surface area contributed by atoms with Crippen molar-refractivity contribution in [3.8, 4) is 17.6 Å². The lowest BCUT2D eigenvalue weighted by Crippen LogP contribution is -2.35. The first-order valence-corrected chi connectivity index (χ1v) is 12.4. The molecule has 1 aliphatic rings. The van der Waals surface area contributed by atoms with Crippen LogP contribution in [0, 0.1) is 17.7 Å². The maximum atomic E-state index is 13.4. The minimum atomic E-state index is -2.00. The molecule has 3 heterocycles. The van der Waals surface area contributed by atoms with Gasteiger partial charge in [-0.25, -0.2) is 19.3 Å². The highest BCUT2D eigenvalue weighted by atomic mass is 35.5. The topological polar surface area (TPSA) is 70.5 Å². The molecule has 2 unspecified atom stereocenters. The Hall–Kier alpha value is -3.29. The number of likely N-dealkylation sites (tertiary alicyclic amines) is 1. The number of ether oxygens (including phenoxy) is 1. The molecule has 2 N–H and O–H groups in total. The highest BCUT2D eigenvalue weighted by Gasteiger charge is 2.28. The number of anilines is 2. The minimum Gasteiger partial charge on any atom is -0.487 e. The second kappa shape index (κ2) is 10.8. The molecular formula is C26H21ClF2N4O2S. The van der Waals surface area contributed by atoms with Crippen molar-refractivity contribution >= 4 is 44.7 Å². The van der Waals surface area contributed by atoms with Crippen LogP contribution in [0.2, 0.25) is 5.02 Å². The number of fused-ring (bicyclic) bond motifs is 1. The van der Waals surface area contributed by atoms with Gasteiger partial charge in [0.05, 0.1) is 26.2 Å². The summed E-state index contributed by atoms with van der Waals surface area (Å²) in [5, 5.41) is 12.9. The zero-order valence-electron chi connectivity index (χ0n) is 18.9. The van der Waals surface area contributed by atoms with E-state index in [9.17, 15) is 13.9 Å². The Bertz CT molecular complexity index is 1450. The Kier molecular flexibility index (Phi) is 7.30. The molecule has 1 aliphatic heterocycles. The number of alkyl halides is 1. The Labute approximate surface area is 215 Å². The standard InChI is InChI=1S/C26H21ClF2N4O2S/c27-21-12-18(6-9-23(21)35-14-16-3-1-4-17(28)11-16)32-25-24-22(30-15-31-25)13-20(36-24)8-7-19-5-2-10-33(19)26(29)34/h1,3-4,6,9,11-13,15,19,26,34H,2,5,10,14H2,(H,30,31,32). The van der Waals surface area contributed by atoms with E-state index in [2.05, 4.69) is 27.1 Å². The zero-order valence-corrected chi connectivity index (χ0v) is 20.5. The first-order valence-electron chi connectivity index (χ1n) is 11.2. The van der Waals surface area contributed by atoms with Crippen molar-refractivity contribution in [1.82, 2.24) is 14.9 Å². The van der Waals surface area contributed by atoms with Crippen molar-refractivity contribution < 1.29 is 18.6 Å². The molecule has 2 aromatic carbocycles. The van der Waals surface area contributed by atoms with E-state index in [1.54, 1.807) is 24.3 Å². The normalized spacial score (nSPS) is 16.5. The zero-order chi connectivity index (χ0) is 25.1. The van der Waals surface area contributed by atoms with Gasteiger partial charge in [0.1, 0.15) is 24.5 Å². The summed E-state index contributed by atoms with van der Waals surface area (Å²) in [6, 6.07) is 13.0. The minimum absolute atomic E-state index is 0.193. The van der Waals surface area contributed by atoms with Crippen molar-refractivity contribution in [2.75, 3.05) is 11.9 Å². The van der Waals surface area contributed by atoms with Crippen LogP contribution in [0.1, 0.15) is 23.3 Å². The van der Waals surface area contributed by atoms with Gasteiger partial charge in [0.15, 0.2) is 5.82 Å². The summed E-state index contributed by atoms with van der Waals surface area (Å²) in [4.78, 5) is 10.8. The van der Waals surface area contributed by atoms with E-state index >= 15 is 0 Å². The van der Waals surface area contributed by atoms with Crippen molar-refractivity contribution in [2.45, 2.75) is 32.0 Å². The molecule has 2 atom stereocenters. The maximum Gasteiger partial charge on any atom is 0.256 e. The summed E-state index contributed by atoms with van der Waals surface area (Å²) < 4.78 is 33.3. The lowest BCUT2D eigenvalue weighted by molar-refractivity contribution is -0.0928. The van der Waals surface area contributed by atoms with Crippen molar-refractivity contribution in [3.05, 3.63) is 76.1 Å². The van der Waals surface area contributed by atoms with Crippen molar-refractivity contribution in [1.29, 1.82) is 0 Å². The Balaban J connectivity index is 1.30. The predicted octanol–water partition coefficient (Wildman–Crippen LogP) is 5.87. The lowest BCUT2D eigenvalue weighted by Gasteiger charge is -2.19. The Morgan fingerprint density at radius 2 is 2.14 bits per heavy atom. The number of hydrogen-bond donors (Lipinski definition) is 2. The largest absolute Gasteiger partial charge is 0.487 e. The van der Waals surface area contributed by atoms with Crippen LogP contribution < -0.4 is 10.1 Å². The lowest BCUT2D eigenvalue weighted by atomic mass is 10.2. The fraction of sp³-hybridized carbons (Fsp3) is 0.231. The monoisotopic (exact) mass is 526 g/mol. The molecule has 1 saturated heterocycles. The molecule has 10 heteroatoms. The molecular weight excluding hydrogens is 506 g/mol. The van der Waals surface area contributed by atoms with Crippen LogP contribution in [0.4, 0.5) is 20.3 Å². The molecule has 184 valence electrons. The van der Waals surface area contributed by atoms with Crippen LogP contribution in [0.25, 0.3) is 10.2 Å². The number of aliphatic hydroxyl groups is 1. The van der Waals surface area contributed by atoms with E-state index in [0.29, 0.717) is 40.8 Å². The Morgan fingerprint density at radius 3 is 2.94 bits per heavy atom. The quantitative estimate of drug-likeness (QED) is 0.242. The average molecular weight is 527 g/mol. The highest BCUT2D eigenvalue weighted by Crippen LogP contribution is 2.33. The molecule has 0 aliphatic carbocycles. The van der Waals surface area contributed by atoms with Gasteiger partial charge in [-0.1, -0.05) is 35.6 Å². The number of thiophene rings is 1. The van der Waals surface area contributed by atoms with Crippen LogP contribution in [0.3, 0.4) is 0 Å². The van der Waals surface area contributed by atoms with E-state index in [1.165, 1.54) is 34.7 Å². The van der Waals surface area contributed by atoms with Gasteiger partial charge in [-0.2, -0.15) is 4.39 Å². The highest BCUT2D eigenvalue weighted by molar-refractivity contribution is 7.20. The summed E-state index contributed by atoms with van der Waals surface area (Å²) in [5.74, 6) is 6.92. The second-order valence-electron chi connectivity index (χ2n) is 8.21. The van der Waals surface area contributed by atoms with Gasteiger partial charge >= 0.3 is 0 Å². The number of hydrogen-bond acceptors (Lipinski definition) is 7. The number of benzene rings is 2. The SMILES string of the molecule is OC(F)N1CCCC1C#Cc1cc2ncnc(Nc3ccc(OCc4cccc(F)c4)c(Cl)c3)c2s1. The number of halogens is 3. The van der Waals surface area contributed by atoms with Crippen LogP contribution in [-0.4, -0.2) is 39.0 Å². The molecule has 4 aromatic rings. The van der Waals surface area contributed by atoms with E-state index < -0.39 is 6.48 Å². The van der Waals surface area contributed by atoms with Crippen LogP contribution in [0.5, 0.6) is 5.75 Å². The molecule has 2 aromatic heterocycles. The molecule has 6 nitrogen and oxygen atoms in total. The van der Waals surface area contributed by atoms with Crippen molar-refractivity contribution in [2.24, 2.45) is 0 Å². The van der Waals surface area contributed by atoms with Gasteiger partial charge in [0, 0.05) is 12.2 Å². The number of rotatable bonds is 6.